The monoisotopic (exact) mass is 155 g/mol. The lowest BCUT2D eigenvalue weighted by Crippen LogP contribution is -2.09. The number of carbonyl (C=O) groups excluding carboxylic acids is 1. The number of nitrogens with zero attached hydrogens (tertiary/aromatic N) is 1. The van der Waals surface area contributed by atoms with Crippen molar-refractivity contribution in [2.75, 3.05) is 13.2 Å². The summed E-state index contributed by atoms with van der Waals surface area (Å²) in [6.07, 6.45) is 0. The fourth-order valence-corrected chi connectivity index (χ4v) is 0.390. The van der Waals surface area contributed by atoms with Crippen LogP contribution in [0, 0.1) is 11.3 Å². The molecule has 0 radical (unpaired) electrons. The van der Waals surface area contributed by atoms with Gasteiger partial charge < -0.3 is 9.47 Å². The van der Waals surface area contributed by atoms with Crippen LogP contribution >= 0.6 is 0 Å². The third-order valence-corrected chi connectivity index (χ3v) is 0.814. The van der Waals surface area contributed by atoms with E-state index in [-0.39, 0.29) is 19.0 Å². The molecule has 0 aliphatic heterocycles. The fourth-order valence-electron chi connectivity index (χ4n) is 0.390. The van der Waals surface area contributed by atoms with Crippen LogP contribution in [0.2, 0.25) is 0 Å². The van der Waals surface area contributed by atoms with Gasteiger partial charge in [-0.15, -0.1) is 0 Å². The van der Waals surface area contributed by atoms with Crippen molar-refractivity contribution in [1.29, 1.82) is 5.26 Å². The van der Waals surface area contributed by atoms with E-state index in [1.807, 2.05) is 0 Å². The van der Waals surface area contributed by atoms with E-state index >= 15 is 0 Å². The Labute approximate surface area is 65.0 Å². The molecule has 0 aromatic heterocycles. The van der Waals surface area contributed by atoms with Crippen LogP contribution in [-0.2, 0) is 14.3 Å². The van der Waals surface area contributed by atoms with Gasteiger partial charge in [0.1, 0.15) is 6.07 Å². The van der Waals surface area contributed by atoms with Gasteiger partial charge >= 0.3 is 5.97 Å². The summed E-state index contributed by atoms with van der Waals surface area (Å²) in [6, 6.07) is 1.70. The maximum Gasteiger partial charge on any atom is 0.372 e. The Morgan fingerprint density at radius 3 is 2.73 bits per heavy atom. The molecule has 0 N–H and O–H groups in total. The van der Waals surface area contributed by atoms with Gasteiger partial charge in [-0.3, -0.25) is 0 Å². The summed E-state index contributed by atoms with van der Waals surface area (Å²) in [4.78, 5) is 10.7. The number of nitriles is 1. The van der Waals surface area contributed by atoms with E-state index in [0.29, 0.717) is 0 Å². The predicted molar refractivity (Wildman–Crippen MR) is 37.3 cm³/mol. The number of hydrogen-bond donors (Lipinski definition) is 0. The van der Waals surface area contributed by atoms with E-state index in [1.54, 1.807) is 13.0 Å². The second-order valence-electron chi connectivity index (χ2n) is 1.59. The summed E-state index contributed by atoms with van der Waals surface area (Å²) in [7, 11) is 0. The first-order chi connectivity index (χ1) is 5.22. The van der Waals surface area contributed by atoms with E-state index in [1.165, 1.54) is 0 Å². The Balaban J connectivity index is 3.67. The van der Waals surface area contributed by atoms with E-state index in [9.17, 15) is 4.79 Å². The van der Waals surface area contributed by atoms with Gasteiger partial charge in [0.05, 0.1) is 6.61 Å². The zero-order chi connectivity index (χ0) is 8.69. The van der Waals surface area contributed by atoms with E-state index in [0.717, 1.165) is 0 Å². The standard InChI is InChI=1S/C7H9NO3/c1-3-10-7(9)6(2)11-5-4-8/h2-3,5H2,1H3. The largest absolute Gasteiger partial charge is 0.472 e. The van der Waals surface area contributed by atoms with Gasteiger partial charge in [-0.25, -0.2) is 4.79 Å². The predicted octanol–water partition coefficient (Wildman–Crippen LogP) is 0.603. The second-order valence-corrected chi connectivity index (χ2v) is 1.59. The fraction of sp³-hybridized carbons (Fsp3) is 0.429. The molecule has 0 aliphatic carbocycles. The molecule has 0 amide bonds. The average molecular weight is 155 g/mol. The van der Waals surface area contributed by atoms with Gasteiger partial charge in [0.2, 0.25) is 0 Å². The van der Waals surface area contributed by atoms with E-state index in [2.05, 4.69) is 16.1 Å². The normalized spacial score (nSPS) is 8.00. The molecule has 0 saturated heterocycles. The number of hydrogen-bond acceptors (Lipinski definition) is 4. The quantitative estimate of drug-likeness (QED) is 0.339. The van der Waals surface area contributed by atoms with Gasteiger partial charge in [-0.2, -0.15) is 5.26 Å². The highest BCUT2D eigenvalue weighted by atomic mass is 16.6. The topological polar surface area (TPSA) is 59.3 Å². The lowest BCUT2D eigenvalue weighted by Gasteiger charge is -2.03. The zero-order valence-corrected chi connectivity index (χ0v) is 6.29. The van der Waals surface area contributed by atoms with Crippen molar-refractivity contribution in [2.24, 2.45) is 0 Å². The molecule has 0 rings (SSSR count). The minimum atomic E-state index is -0.622. The number of carbonyl (C=O) groups is 1. The third-order valence-electron chi connectivity index (χ3n) is 0.814. The van der Waals surface area contributed by atoms with Crippen molar-refractivity contribution >= 4 is 5.97 Å². The second kappa shape index (κ2) is 5.30. The summed E-state index contributed by atoms with van der Waals surface area (Å²) >= 11 is 0. The van der Waals surface area contributed by atoms with Crippen LogP contribution in [0.15, 0.2) is 12.3 Å². The summed E-state index contributed by atoms with van der Waals surface area (Å²) < 4.78 is 9.10. The van der Waals surface area contributed by atoms with Crippen molar-refractivity contribution < 1.29 is 14.3 Å². The third kappa shape index (κ3) is 3.98. The van der Waals surface area contributed by atoms with Crippen LogP contribution in [0.3, 0.4) is 0 Å². The molecule has 0 atom stereocenters. The van der Waals surface area contributed by atoms with Crippen molar-refractivity contribution in [3.05, 3.63) is 12.3 Å². The first-order valence-corrected chi connectivity index (χ1v) is 3.08. The highest BCUT2D eigenvalue weighted by Crippen LogP contribution is 1.95. The molecule has 0 bridgehead atoms. The summed E-state index contributed by atoms with van der Waals surface area (Å²) in [5, 5.41) is 8.06. The smallest absolute Gasteiger partial charge is 0.372 e. The van der Waals surface area contributed by atoms with Crippen molar-refractivity contribution in [1.82, 2.24) is 0 Å². The van der Waals surface area contributed by atoms with Gasteiger partial charge in [0.15, 0.2) is 12.4 Å². The molecule has 11 heavy (non-hydrogen) atoms. The van der Waals surface area contributed by atoms with Crippen LogP contribution in [0.1, 0.15) is 6.92 Å². The Morgan fingerprint density at radius 2 is 2.27 bits per heavy atom. The molecule has 4 heteroatoms. The number of esters is 1. The average Bonchev–Trinajstić information content (AvgIpc) is 2.00. The van der Waals surface area contributed by atoms with Crippen LogP contribution < -0.4 is 0 Å². The molecule has 0 aromatic rings. The molecule has 4 nitrogen and oxygen atoms in total. The van der Waals surface area contributed by atoms with Crippen LogP contribution in [-0.4, -0.2) is 19.2 Å². The van der Waals surface area contributed by atoms with Crippen molar-refractivity contribution in [3.8, 4) is 6.07 Å². The van der Waals surface area contributed by atoms with Gasteiger partial charge in [-0.05, 0) is 13.5 Å². The molecule has 0 heterocycles. The summed E-state index contributed by atoms with van der Waals surface area (Å²) in [5.74, 6) is -0.754. The number of ether oxygens (including phenoxy) is 2. The molecule has 0 unspecified atom stereocenters. The molecule has 60 valence electrons. The summed E-state index contributed by atoms with van der Waals surface area (Å²) in [5.41, 5.74) is 0. The Hall–Kier alpha value is -1.50. The van der Waals surface area contributed by atoms with Crippen molar-refractivity contribution in [3.63, 3.8) is 0 Å². The highest BCUT2D eigenvalue weighted by molar-refractivity contribution is 5.85. The summed E-state index contributed by atoms with van der Waals surface area (Å²) in [6.45, 7) is 5.03. The molecule has 0 aromatic carbocycles. The molecule has 0 aliphatic rings. The SMILES string of the molecule is C=C(OCC#N)C(=O)OCC. The van der Waals surface area contributed by atoms with Crippen LogP contribution in [0.5, 0.6) is 0 Å². The molecule has 0 spiro atoms. The molecular weight excluding hydrogens is 146 g/mol. The molecule has 0 saturated carbocycles. The first kappa shape index (κ1) is 9.50. The van der Waals surface area contributed by atoms with E-state index < -0.39 is 5.97 Å². The Kier molecular flexibility index (Phi) is 4.58. The molecule has 0 fully saturated rings. The minimum absolute atomic E-state index is 0.131. The van der Waals surface area contributed by atoms with Gasteiger partial charge in [0.25, 0.3) is 0 Å². The Bertz CT molecular complexity index is 192. The van der Waals surface area contributed by atoms with Crippen molar-refractivity contribution in [2.45, 2.75) is 6.92 Å². The lowest BCUT2D eigenvalue weighted by atomic mass is 10.5. The van der Waals surface area contributed by atoms with Gasteiger partial charge in [-0.1, -0.05) is 0 Å². The maximum absolute atomic E-state index is 10.7. The minimum Gasteiger partial charge on any atom is -0.472 e. The van der Waals surface area contributed by atoms with Crippen LogP contribution in [0.4, 0.5) is 0 Å². The highest BCUT2D eigenvalue weighted by Gasteiger charge is 2.07. The van der Waals surface area contributed by atoms with Crippen LogP contribution in [0.25, 0.3) is 0 Å². The first-order valence-electron chi connectivity index (χ1n) is 3.08. The lowest BCUT2D eigenvalue weighted by molar-refractivity contribution is -0.142. The number of rotatable bonds is 4. The van der Waals surface area contributed by atoms with E-state index in [4.69, 9.17) is 5.26 Å². The zero-order valence-electron chi connectivity index (χ0n) is 6.29. The Morgan fingerprint density at radius 1 is 1.64 bits per heavy atom. The maximum atomic E-state index is 10.7. The van der Waals surface area contributed by atoms with Gasteiger partial charge in [0, 0.05) is 0 Å². The molecular formula is C7H9NO3.